The minimum atomic E-state index is 0.0832. The number of amides is 1. The smallest absolute Gasteiger partial charge is 0.224 e. The molecule has 0 bridgehead atoms. The molecule has 2 saturated heterocycles. The molecule has 2 aromatic heterocycles. The molecule has 0 aromatic carbocycles. The van der Waals surface area contributed by atoms with E-state index in [1.807, 2.05) is 36.4 Å². The molecule has 4 heterocycles. The molecule has 7 nitrogen and oxygen atoms in total. The van der Waals surface area contributed by atoms with E-state index in [1.54, 1.807) is 6.20 Å². The van der Waals surface area contributed by atoms with E-state index in [0.29, 0.717) is 13.0 Å². The van der Waals surface area contributed by atoms with Crippen molar-refractivity contribution in [2.75, 3.05) is 33.2 Å². The van der Waals surface area contributed by atoms with Crippen LogP contribution in [0.15, 0.2) is 16.7 Å². The van der Waals surface area contributed by atoms with Crippen LogP contribution in [0.25, 0.3) is 0 Å². The zero-order valence-electron chi connectivity index (χ0n) is 16.0. The van der Waals surface area contributed by atoms with E-state index in [-0.39, 0.29) is 17.2 Å². The van der Waals surface area contributed by atoms with Gasteiger partial charge in [-0.05, 0) is 33.9 Å². The topological polar surface area (TPSA) is 67.4 Å². The lowest BCUT2D eigenvalue weighted by atomic mass is 9.71. The Bertz CT molecular complexity index is 818. The molecule has 2 fully saturated rings. The molecular weight excluding hydrogens is 330 g/mol. The van der Waals surface area contributed by atoms with Gasteiger partial charge < -0.3 is 14.2 Å². The molecule has 0 N–H and O–H groups in total. The fourth-order valence-corrected chi connectivity index (χ4v) is 4.56. The van der Waals surface area contributed by atoms with E-state index >= 15 is 0 Å². The van der Waals surface area contributed by atoms with Gasteiger partial charge in [0.1, 0.15) is 5.76 Å². The Kier molecular flexibility index (Phi) is 4.14. The summed E-state index contributed by atoms with van der Waals surface area (Å²) in [6.45, 7) is 10.1. The summed E-state index contributed by atoms with van der Waals surface area (Å²) in [7, 11) is 2.13. The summed E-state index contributed by atoms with van der Waals surface area (Å²) >= 11 is 0. The van der Waals surface area contributed by atoms with Gasteiger partial charge in [0.15, 0.2) is 5.89 Å². The third-order valence-electron chi connectivity index (χ3n) is 5.76. The van der Waals surface area contributed by atoms with Crippen molar-refractivity contribution in [1.29, 1.82) is 0 Å². The van der Waals surface area contributed by atoms with Crippen LogP contribution in [0.4, 0.5) is 0 Å². The number of carbonyl (C=O) groups excluding carboxylic acids is 1. The number of likely N-dealkylation sites (N-methyl/N-ethyl adjacent to an activating group) is 1. The number of aryl methyl sites for hydroxylation is 4. The van der Waals surface area contributed by atoms with Crippen molar-refractivity contribution in [3.05, 3.63) is 35.3 Å². The van der Waals surface area contributed by atoms with Crippen molar-refractivity contribution < 1.29 is 9.21 Å². The molecule has 0 aliphatic carbocycles. The summed E-state index contributed by atoms with van der Waals surface area (Å²) in [6, 6.07) is 2.04. The van der Waals surface area contributed by atoms with Crippen molar-refractivity contribution in [2.45, 2.75) is 39.7 Å². The van der Waals surface area contributed by atoms with Crippen LogP contribution in [0, 0.1) is 26.2 Å². The third-order valence-corrected chi connectivity index (χ3v) is 5.76. The second-order valence-corrected chi connectivity index (χ2v) is 8.07. The van der Waals surface area contributed by atoms with Gasteiger partial charge in [-0.3, -0.25) is 9.48 Å². The van der Waals surface area contributed by atoms with E-state index in [0.717, 1.165) is 49.2 Å². The number of likely N-dealkylation sites (tertiary alicyclic amines) is 2. The lowest BCUT2D eigenvalue weighted by Crippen LogP contribution is -2.61. The summed E-state index contributed by atoms with van der Waals surface area (Å²) in [5, 5.41) is 4.44. The zero-order valence-corrected chi connectivity index (χ0v) is 16.0. The number of oxazole rings is 1. The summed E-state index contributed by atoms with van der Waals surface area (Å²) < 4.78 is 7.73. The molecule has 2 aliphatic heterocycles. The van der Waals surface area contributed by atoms with Crippen LogP contribution in [-0.4, -0.2) is 63.7 Å². The molecular formula is C19H27N5O2. The maximum absolute atomic E-state index is 12.6. The molecule has 0 radical (unpaired) electrons. The minimum Gasteiger partial charge on any atom is -0.446 e. The highest BCUT2D eigenvalue weighted by molar-refractivity contribution is 5.77. The van der Waals surface area contributed by atoms with Crippen molar-refractivity contribution >= 4 is 5.91 Å². The van der Waals surface area contributed by atoms with Crippen LogP contribution < -0.4 is 0 Å². The van der Waals surface area contributed by atoms with Crippen LogP contribution in [0.3, 0.4) is 0 Å². The quantitative estimate of drug-likeness (QED) is 0.834. The molecule has 26 heavy (non-hydrogen) atoms. The average Bonchev–Trinajstić information content (AvgIpc) is 3.20. The molecule has 1 unspecified atom stereocenters. The monoisotopic (exact) mass is 357 g/mol. The van der Waals surface area contributed by atoms with E-state index in [4.69, 9.17) is 4.42 Å². The number of rotatable bonds is 4. The molecule has 4 rings (SSSR count). The van der Waals surface area contributed by atoms with Gasteiger partial charge in [0.05, 0.1) is 17.8 Å². The Labute approximate surface area is 154 Å². The van der Waals surface area contributed by atoms with Crippen molar-refractivity contribution in [1.82, 2.24) is 24.6 Å². The van der Waals surface area contributed by atoms with Crippen molar-refractivity contribution in [3.63, 3.8) is 0 Å². The first-order valence-corrected chi connectivity index (χ1v) is 9.26. The van der Waals surface area contributed by atoms with Gasteiger partial charge in [-0.1, -0.05) is 0 Å². The Morgan fingerprint density at radius 1 is 1.31 bits per heavy atom. The van der Waals surface area contributed by atoms with Gasteiger partial charge in [-0.25, -0.2) is 4.98 Å². The fourth-order valence-electron chi connectivity index (χ4n) is 4.56. The average molecular weight is 357 g/mol. The first kappa shape index (κ1) is 17.3. The van der Waals surface area contributed by atoms with Gasteiger partial charge >= 0.3 is 0 Å². The Balaban J connectivity index is 1.38. The molecule has 7 heteroatoms. The molecule has 140 valence electrons. The summed E-state index contributed by atoms with van der Waals surface area (Å²) in [4.78, 5) is 21.4. The SMILES string of the molecule is Cc1cc(C)n(CCC(=O)N2CC3(CN(C)CC3c3ncc(C)o3)C2)n1. The van der Waals surface area contributed by atoms with Gasteiger partial charge in [0.25, 0.3) is 0 Å². The summed E-state index contributed by atoms with van der Waals surface area (Å²) in [6.07, 6.45) is 2.29. The van der Waals surface area contributed by atoms with Crippen LogP contribution in [0.5, 0.6) is 0 Å². The first-order valence-electron chi connectivity index (χ1n) is 9.26. The highest BCUT2D eigenvalue weighted by atomic mass is 16.4. The minimum absolute atomic E-state index is 0.0832. The van der Waals surface area contributed by atoms with Gasteiger partial charge in [0.2, 0.25) is 5.91 Å². The standard InChI is InChI=1S/C19H27N5O2/c1-13-7-14(2)24(21-13)6-5-17(25)23-11-19(12-23)10-22(4)9-16(19)18-20-8-15(3)26-18/h7-8,16H,5-6,9-12H2,1-4H3. The predicted octanol–water partition coefficient (Wildman–Crippen LogP) is 1.74. The highest BCUT2D eigenvalue weighted by Gasteiger charge is 2.56. The Hall–Kier alpha value is -2.15. The van der Waals surface area contributed by atoms with Gasteiger partial charge in [-0.2, -0.15) is 5.10 Å². The maximum Gasteiger partial charge on any atom is 0.224 e. The molecule has 2 aromatic rings. The van der Waals surface area contributed by atoms with E-state index in [2.05, 4.69) is 22.0 Å². The summed E-state index contributed by atoms with van der Waals surface area (Å²) in [5.74, 6) is 2.14. The number of hydrogen-bond acceptors (Lipinski definition) is 5. The lowest BCUT2D eigenvalue weighted by molar-refractivity contribution is -0.144. The van der Waals surface area contributed by atoms with Crippen molar-refractivity contribution in [3.8, 4) is 0 Å². The normalized spacial score (nSPS) is 22.2. The Morgan fingerprint density at radius 3 is 2.69 bits per heavy atom. The third kappa shape index (κ3) is 2.94. The number of carbonyl (C=O) groups is 1. The van der Waals surface area contributed by atoms with Crippen LogP contribution in [0.1, 0.15) is 35.4 Å². The van der Waals surface area contributed by atoms with E-state index < -0.39 is 0 Å². The van der Waals surface area contributed by atoms with Crippen LogP contribution >= 0.6 is 0 Å². The largest absolute Gasteiger partial charge is 0.446 e. The van der Waals surface area contributed by atoms with Crippen LogP contribution in [-0.2, 0) is 11.3 Å². The second-order valence-electron chi connectivity index (χ2n) is 8.07. The molecule has 1 spiro atoms. The highest BCUT2D eigenvalue weighted by Crippen LogP contribution is 2.48. The molecule has 0 saturated carbocycles. The predicted molar refractivity (Wildman–Crippen MR) is 96.8 cm³/mol. The van der Waals surface area contributed by atoms with Gasteiger partial charge in [-0.15, -0.1) is 0 Å². The molecule has 1 amide bonds. The summed E-state index contributed by atoms with van der Waals surface area (Å²) in [5.41, 5.74) is 2.18. The van der Waals surface area contributed by atoms with E-state index in [9.17, 15) is 4.79 Å². The number of aromatic nitrogens is 3. The van der Waals surface area contributed by atoms with Crippen molar-refractivity contribution in [2.24, 2.45) is 5.41 Å². The first-order chi connectivity index (χ1) is 12.4. The van der Waals surface area contributed by atoms with Crippen LogP contribution in [0.2, 0.25) is 0 Å². The maximum atomic E-state index is 12.6. The second kappa shape index (κ2) is 6.23. The zero-order chi connectivity index (χ0) is 18.5. The molecule has 1 atom stereocenters. The number of nitrogens with zero attached hydrogens (tertiary/aromatic N) is 5. The molecule has 2 aliphatic rings. The Morgan fingerprint density at radius 2 is 2.08 bits per heavy atom. The van der Waals surface area contributed by atoms with E-state index in [1.165, 1.54) is 0 Å². The lowest BCUT2D eigenvalue weighted by Gasteiger charge is -2.50. The van der Waals surface area contributed by atoms with Gasteiger partial charge in [0, 0.05) is 50.3 Å². The fraction of sp³-hybridized carbons (Fsp3) is 0.632. The number of hydrogen-bond donors (Lipinski definition) is 0.